The topological polar surface area (TPSA) is 88.3 Å². The molecule has 2 heterocycles. The van der Waals surface area contributed by atoms with Gasteiger partial charge in [0.05, 0.1) is 11.7 Å². The molecular formula is C22H21FN4O3S. The highest BCUT2D eigenvalue weighted by molar-refractivity contribution is 7.99. The maximum absolute atomic E-state index is 13.6. The summed E-state index contributed by atoms with van der Waals surface area (Å²) < 4.78 is 19.3. The highest BCUT2D eigenvalue weighted by Crippen LogP contribution is 2.32. The van der Waals surface area contributed by atoms with E-state index in [0.29, 0.717) is 30.1 Å². The average molecular weight is 441 g/mol. The van der Waals surface area contributed by atoms with Gasteiger partial charge in [-0.15, -0.1) is 10.2 Å². The number of aromatic nitrogens is 2. The van der Waals surface area contributed by atoms with E-state index in [0.717, 1.165) is 23.0 Å². The van der Waals surface area contributed by atoms with Gasteiger partial charge in [0.15, 0.2) is 0 Å². The Morgan fingerprint density at radius 1 is 1.23 bits per heavy atom. The minimum Gasteiger partial charge on any atom is -0.416 e. The van der Waals surface area contributed by atoms with Crippen molar-refractivity contribution in [1.82, 2.24) is 10.2 Å². The fourth-order valence-electron chi connectivity index (χ4n) is 3.29. The number of anilines is 2. The highest BCUT2D eigenvalue weighted by atomic mass is 32.2. The van der Waals surface area contributed by atoms with Crippen molar-refractivity contribution in [2.24, 2.45) is 0 Å². The van der Waals surface area contributed by atoms with E-state index >= 15 is 0 Å². The molecular weight excluding hydrogens is 419 g/mol. The summed E-state index contributed by atoms with van der Waals surface area (Å²) in [5.41, 5.74) is 2.87. The molecule has 2 aromatic carbocycles. The van der Waals surface area contributed by atoms with Crippen LogP contribution >= 0.6 is 11.8 Å². The lowest BCUT2D eigenvalue weighted by Gasteiger charge is -2.16. The van der Waals surface area contributed by atoms with Crippen LogP contribution in [0, 0.1) is 19.7 Å². The first-order valence-electron chi connectivity index (χ1n) is 9.78. The number of carbonyl (C=O) groups excluding carboxylic acids is 2. The summed E-state index contributed by atoms with van der Waals surface area (Å²) in [7, 11) is 0. The number of rotatable bonds is 6. The third kappa shape index (κ3) is 4.93. The summed E-state index contributed by atoms with van der Waals surface area (Å²) in [6, 6.07) is 12.3. The minimum atomic E-state index is -0.377. The van der Waals surface area contributed by atoms with Crippen LogP contribution in [0.3, 0.4) is 0 Å². The maximum atomic E-state index is 13.6. The number of nitrogens with zero attached hydrogens (tertiary/aromatic N) is 3. The van der Waals surface area contributed by atoms with E-state index in [4.69, 9.17) is 4.42 Å². The van der Waals surface area contributed by atoms with Crippen LogP contribution in [0.2, 0.25) is 0 Å². The normalized spacial score (nSPS) is 16.0. The molecule has 1 aliphatic heterocycles. The van der Waals surface area contributed by atoms with E-state index in [1.165, 1.54) is 6.07 Å². The molecule has 4 rings (SSSR count). The third-order valence-electron chi connectivity index (χ3n) is 5.02. The van der Waals surface area contributed by atoms with E-state index in [1.807, 2.05) is 31.2 Å². The fraction of sp³-hybridized carbons (Fsp3) is 0.273. The lowest BCUT2D eigenvalue weighted by molar-refractivity contribution is -0.117. The van der Waals surface area contributed by atoms with Crippen LogP contribution in [0.5, 0.6) is 0 Å². The molecule has 1 N–H and O–H groups in total. The van der Waals surface area contributed by atoms with Gasteiger partial charge in [0.2, 0.25) is 17.7 Å². The molecule has 9 heteroatoms. The van der Waals surface area contributed by atoms with Gasteiger partial charge in [-0.05, 0) is 43.7 Å². The van der Waals surface area contributed by atoms with Crippen molar-refractivity contribution in [3.63, 3.8) is 0 Å². The Kier molecular flexibility index (Phi) is 6.03. The second-order valence-corrected chi connectivity index (χ2v) is 8.37. The Morgan fingerprint density at radius 3 is 2.74 bits per heavy atom. The zero-order valence-electron chi connectivity index (χ0n) is 17.1. The van der Waals surface area contributed by atoms with Crippen molar-refractivity contribution < 1.29 is 18.4 Å². The van der Waals surface area contributed by atoms with Crippen LogP contribution in [-0.4, -0.2) is 34.3 Å². The highest BCUT2D eigenvalue weighted by Gasteiger charge is 2.35. The van der Waals surface area contributed by atoms with Crippen LogP contribution in [0.1, 0.15) is 29.4 Å². The molecule has 0 spiro atoms. The summed E-state index contributed by atoms with van der Waals surface area (Å²) in [5.74, 6) is -0.458. The van der Waals surface area contributed by atoms with Gasteiger partial charge in [-0.3, -0.25) is 9.59 Å². The SMILES string of the molecule is Cc1ccc(N2C[C@H](c3nnc(SCC(=O)Nc4ccc(C)c(F)c4)o3)CC2=O)cc1. The molecule has 1 fully saturated rings. The number of aryl methyl sites for hydroxylation is 2. The van der Waals surface area contributed by atoms with Gasteiger partial charge in [0.1, 0.15) is 5.82 Å². The van der Waals surface area contributed by atoms with Gasteiger partial charge in [-0.25, -0.2) is 4.39 Å². The average Bonchev–Trinajstić information content (AvgIpc) is 3.37. The first kappa shape index (κ1) is 21.0. The summed E-state index contributed by atoms with van der Waals surface area (Å²) in [6.07, 6.45) is 0.291. The van der Waals surface area contributed by atoms with Gasteiger partial charge < -0.3 is 14.6 Å². The van der Waals surface area contributed by atoms with Crippen LogP contribution in [0.4, 0.5) is 15.8 Å². The number of hydrogen-bond donors (Lipinski definition) is 1. The van der Waals surface area contributed by atoms with E-state index in [9.17, 15) is 14.0 Å². The second-order valence-electron chi connectivity index (χ2n) is 7.45. The predicted molar refractivity (Wildman–Crippen MR) is 116 cm³/mol. The minimum absolute atomic E-state index is 0.00552. The van der Waals surface area contributed by atoms with Gasteiger partial charge in [0, 0.05) is 24.3 Å². The first-order valence-corrected chi connectivity index (χ1v) is 10.8. The zero-order chi connectivity index (χ0) is 22.0. The van der Waals surface area contributed by atoms with Crippen molar-refractivity contribution in [1.29, 1.82) is 0 Å². The van der Waals surface area contributed by atoms with Crippen molar-refractivity contribution in [2.75, 3.05) is 22.5 Å². The Bertz CT molecular complexity index is 1120. The summed E-state index contributed by atoms with van der Waals surface area (Å²) in [5, 5.41) is 10.9. The first-order chi connectivity index (χ1) is 14.9. The van der Waals surface area contributed by atoms with Crippen molar-refractivity contribution in [2.45, 2.75) is 31.4 Å². The van der Waals surface area contributed by atoms with Gasteiger partial charge >= 0.3 is 0 Å². The monoisotopic (exact) mass is 440 g/mol. The van der Waals surface area contributed by atoms with Crippen molar-refractivity contribution >= 4 is 35.0 Å². The quantitative estimate of drug-likeness (QED) is 0.581. The third-order valence-corrected chi connectivity index (χ3v) is 5.84. The molecule has 0 radical (unpaired) electrons. The Morgan fingerprint density at radius 2 is 2.00 bits per heavy atom. The number of benzene rings is 2. The summed E-state index contributed by atoms with van der Waals surface area (Å²) in [4.78, 5) is 26.3. The van der Waals surface area contributed by atoms with Gasteiger partial charge in [-0.1, -0.05) is 35.5 Å². The molecule has 2 amide bonds. The Hall–Kier alpha value is -3.20. The number of thioether (sulfide) groups is 1. The molecule has 1 atom stereocenters. The molecule has 0 bridgehead atoms. The molecule has 1 aliphatic rings. The molecule has 31 heavy (non-hydrogen) atoms. The van der Waals surface area contributed by atoms with E-state index < -0.39 is 0 Å². The molecule has 0 unspecified atom stereocenters. The lowest BCUT2D eigenvalue weighted by atomic mass is 10.1. The number of halogens is 1. The molecule has 1 aromatic heterocycles. The van der Waals surface area contributed by atoms with Gasteiger partial charge in [0.25, 0.3) is 5.22 Å². The van der Waals surface area contributed by atoms with Crippen LogP contribution in [0.25, 0.3) is 0 Å². The number of carbonyl (C=O) groups is 2. The largest absolute Gasteiger partial charge is 0.416 e. The molecule has 160 valence electrons. The summed E-state index contributed by atoms with van der Waals surface area (Å²) >= 11 is 1.09. The number of hydrogen-bond acceptors (Lipinski definition) is 6. The standard InChI is InChI=1S/C22H21FN4O3S/c1-13-3-7-17(8-4-13)27-11-15(9-20(27)29)21-25-26-22(30-21)31-12-19(28)24-16-6-5-14(2)18(23)10-16/h3-8,10,15H,9,11-12H2,1-2H3,(H,24,28)/t15-/m1/s1. The lowest BCUT2D eigenvalue weighted by Crippen LogP contribution is -2.24. The van der Waals surface area contributed by atoms with E-state index in [1.54, 1.807) is 24.0 Å². The van der Waals surface area contributed by atoms with Crippen LogP contribution in [0.15, 0.2) is 52.1 Å². The molecule has 0 aliphatic carbocycles. The molecule has 3 aromatic rings. The predicted octanol–water partition coefficient (Wildman–Crippen LogP) is 4.08. The zero-order valence-corrected chi connectivity index (χ0v) is 17.9. The van der Waals surface area contributed by atoms with Gasteiger partial charge in [-0.2, -0.15) is 0 Å². The maximum Gasteiger partial charge on any atom is 0.277 e. The van der Waals surface area contributed by atoms with Crippen LogP contribution in [-0.2, 0) is 9.59 Å². The summed E-state index contributed by atoms with van der Waals surface area (Å²) in [6.45, 7) is 4.12. The Balaban J connectivity index is 1.33. The van der Waals surface area contributed by atoms with Crippen LogP contribution < -0.4 is 10.2 Å². The van der Waals surface area contributed by atoms with E-state index in [-0.39, 0.29) is 34.5 Å². The number of amides is 2. The van der Waals surface area contributed by atoms with Crippen molar-refractivity contribution in [3.05, 3.63) is 65.3 Å². The Labute approximate surface area is 183 Å². The fourth-order valence-corrected chi connectivity index (χ4v) is 3.86. The van der Waals surface area contributed by atoms with Crippen molar-refractivity contribution in [3.8, 4) is 0 Å². The molecule has 1 saturated heterocycles. The second kappa shape index (κ2) is 8.89. The smallest absolute Gasteiger partial charge is 0.277 e. The molecule has 0 saturated carbocycles. The molecule has 7 nitrogen and oxygen atoms in total. The number of nitrogens with one attached hydrogen (secondary N) is 1. The van der Waals surface area contributed by atoms with E-state index in [2.05, 4.69) is 15.5 Å².